The normalized spacial score (nSPS) is 11.6. The minimum Gasteiger partial charge on any atom is -0.493 e. The minimum atomic E-state index is -0.319. The molecule has 0 aliphatic rings. The molecule has 170 valence electrons. The number of ether oxygens (including phenoxy) is 3. The van der Waals surface area contributed by atoms with Crippen LogP contribution in [0.4, 0.5) is 5.13 Å². The van der Waals surface area contributed by atoms with Gasteiger partial charge in [-0.15, -0.1) is 11.3 Å². The highest BCUT2D eigenvalue weighted by Crippen LogP contribution is 2.33. The van der Waals surface area contributed by atoms with Gasteiger partial charge in [0.15, 0.2) is 11.5 Å². The van der Waals surface area contributed by atoms with Crippen LogP contribution in [0.25, 0.3) is 22.3 Å². The molecule has 0 unspecified atom stereocenters. The van der Waals surface area contributed by atoms with E-state index in [0.717, 1.165) is 10.9 Å². The fourth-order valence-electron chi connectivity index (χ4n) is 3.26. The molecule has 0 atom stereocenters. The van der Waals surface area contributed by atoms with Crippen LogP contribution < -0.4 is 14.8 Å². The molecule has 2 aromatic carbocycles. The molecule has 33 heavy (non-hydrogen) atoms. The van der Waals surface area contributed by atoms with Gasteiger partial charge in [-0.2, -0.15) is 0 Å². The second-order valence-corrected chi connectivity index (χ2v) is 8.19. The van der Waals surface area contributed by atoms with Crippen LogP contribution in [0.2, 0.25) is 5.02 Å². The second kappa shape index (κ2) is 10.1. The Morgan fingerprint density at radius 2 is 1.94 bits per heavy atom. The Morgan fingerprint density at radius 3 is 2.70 bits per heavy atom. The Labute approximate surface area is 199 Å². The van der Waals surface area contributed by atoms with Crippen LogP contribution in [0.15, 0.2) is 57.3 Å². The van der Waals surface area contributed by atoms with Crippen LogP contribution >= 0.6 is 22.9 Å². The van der Waals surface area contributed by atoms with Gasteiger partial charge in [0.25, 0.3) is 0 Å². The third kappa shape index (κ3) is 5.18. The van der Waals surface area contributed by atoms with Crippen molar-refractivity contribution in [1.29, 1.82) is 0 Å². The van der Waals surface area contributed by atoms with Crippen molar-refractivity contribution in [3.63, 3.8) is 0 Å². The number of fused-ring (bicyclic) bond motifs is 1. The molecule has 0 aliphatic carbocycles. The van der Waals surface area contributed by atoms with Crippen molar-refractivity contribution in [3.05, 3.63) is 63.9 Å². The number of carbonyl (C=O) groups is 1. The summed E-state index contributed by atoms with van der Waals surface area (Å²) in [6.45, 7) is 2.10. The van der Waals surface area contributed by atoms with E-state index < -0.39 is 0 Å². The molecular formula is C24H21ClN2O5S. The Bertz CT molecular complexity index is 1380. The third-order valence-corrected chi connectivity index (χ3v) is 5.78. The standard InChI is InChI=1S/C24H21ClN2O5S/c1-4-31-23(28)11-16-13-33-24(26-16)27-18-12-21(32-19-8-6-15(25)10-17(18)19)14-5-7-20(29-2)22(9-14)30-3/h5-10,12-13H,4,11H2,1-3H3/b27-18+. The van der Waals surface area contributed by atoms with E-state index in [9.17, 15) is 4.79 Å². The second-order valence-electron chi connectivity index (χ2n) is 6.92. The number of halogens is 1. The highest BCUT2D eigenvalue weighted by molar-refractivity contribution is 7.13. The van der Waals surface area contributed by atoms with Crippen molar-refractivity contribution in [2.45, 2.75) is 13.3 Å². The molecule has 0 saturated carbocycles. The van der Waals surface area contributed by atoms with E-state index in [0.29, 0.717) is 50.7 Å². The summed E-state index contributed by atoms with van der Waals surface area (Å²) in [6, 6.07) is 12.7. The molecule has 0 fully saturated rings. The fourth-order valence-corrected chi connectivity index (χ4v) is 4.13. The van der Waals surface area contributed by atoms with Gasteiger partial charge in [0.2, 0.25) is 5.13 Å². The molecule has 9 heteroatoms. The van der Waals surface area contributed by atoms with Crippen LogP contribution in [-0.2, 0) is 16.0 Å². The largest absolute Gasteiger partial charge is 0.493 e. The van der Waals surface area contributed by atoms with Gasteiger partial charge in [-0.3, -0.25) is 4.79 Å². The third-order valence-electron chi connectivity index (χ3n) is 4.76. The van der Waals surface area contributed by atoms with E-state index in [4.69, 9.17) is 35.2 Å². The molecule has 2 heterocycles. The highest BCUT2D eigenvalue weighted by Gasteiger charge is 2.12. The monoisotopic (exact) mass is 484 g/mol. The first-order valence-corrected chi connectivity index (χ1v) is 11.4. The highest BCUT2D eigenvalue weighted by atomic mass is 35.5. The lowest BCUT2D eigenvalue weighted by Gasteiger charge is -2.10. The van der Waals surface area contributed by atoms with Crippen LogP contribution in [0, 0.1) is 0 Å². The molecule has 4 aromatic rings. The van der Waals surface area contributed by atoms with Crippen LogP contribution in [-0.4, -0.2) is 31.8 Å². The average Bonchev–Trinajstić information content (AvgIpc) is 3.25. The molecule has 0 bridgehead atoms. The van der Waals surface area contributed by atoms with Gasteiger partial charge in [-0.05, 0) is 43.3 Å². The van der Waals surface area contributed by atoms with E-state index >= 15 is 0 Å². The summed E-state index contributed by atoms with van der Waals surface area (Å²) >= 11 is 7.58. The molecule has 4 rings (SSSR count). The summed E-state index contributed by atoms with van der Waals surface area (Å²) in [6.07, 6.45) is 0.105. The SMILES string of the molecule is CCOC(=O)Cc1csc(/N=c2\cc(-c3ccc(OC)c(OC)c3)oc3ccc(Cl)cc23)n1. The maximum Gasteiger partial charge on any atom is 0.311 e. The quantitative estimate of drug-likeness (QED) is 0.319. The van der Waals surface area contributed by atoms with E-state index in [1.54, 1.807) is 44.7 Å². The summed E-state index contributed by atoms with van der Waals surface area (Å²) in [5, 5.41) is 4.26. The van der Waals surface area contributed by atoms with Gasteiger partial charge in [-0.25, -0.2) is 9.98 Å². The summed E-state index contributed by atoms with van der Waals surface area (Å²) in [5.41, 5.74) is 2.03. The lowest BCUT2D eigenvalue weighted by molar-refractivity contribution is -0.142. The summed E-state index contributed by atoms with van der Waals surface area (Å²) in [5.74, 6) is 1.48. The Kier molecular flexibility index (Phi) is 6.96. The Balaban J connectivity index is 1.82. The van der Waals surface area contributed by atoms with E-state index in [-0.39, 0.29) is 12.4 Å². The maximum atomic E-state index is 11.8. The molecule has 0 N–H and O–H groups in total. The Hall–Kier alpha value is -3.36. The molecule has 0 amide bonds. The molecule has 2 aromatic heterocycles. The number of thiazole rings is 1. The number of aromatic nitrogens is 1. The van der Waals surface area contributed by atoms with Crippen LogP contribution in [0.5, 0.6) is 11.5 Å². The number of esters is 1. The van der Waals surface area contributed by atoms with Crippen molar-refractivity contribution < 1.29 is 23.4 Å². The first-order valence-electron chi connectivity index (χ1n) is 10.1. The van der Waals surface area contributed by atoms with Gasteiger partial charge < -0.3 is 18.6 Å². The van der Waals surface area contributed by atoms with E-state index in [1.807, 2.05) is 24.3 Å². The van der Waals surface area contributed by atoms with Crippen molar-refractivity contribution in [2.24, 2.45) is 4.99 Å². The topological polar surface area (TPSA) is 83.2 Å². The van der Waals surface area contributed by atoms with Crippen LogP contribution in [0.3, 0.4) is 0 Å². The molecule has 0 spiro atoms. The van der Waals surface area contributed by atoms with Crippen molar-refractivity contribution in [2.75, 3.05) is 20.8 Å². The number of carbonyl (C=O) groups excluding carboxylic acids is 1. The van der Waals surface area contributed by atoms with Crippen molar-refractivity contribution >= 4 is 45.0 Å². The molecule has 0 radical (unpaired) electrons. The lowest BCUT2D eigenvalue weighted by Crippen LogP contribution is -2.07. The summed E-state index contributed by atoms with van der Waals surface area (Å²) in [7, 11) is 3.17. The molecular weight excluding hydrogens is 464 g/mol. The van der Waals surface area contributed by atoms with Gasteiger partial charge in [0, 0.05) is 27.4 Å². The fraction of sp³-hybridized carbons (Fsp3) is 0.208. The van der Waals surface area contributed by atoms with Crippen molar-refractivity contribution in [3.8, 4) is 22.8 Å². The predicted molar refractivity (Wildman–Crippen MR) is 127 cm³/mol. The number of nitrogens with zero attached hydrogens (tertiary/aromatic N) is 2. The first kappa shape index (κ1) is 22.8. The van der Waals surface area contributed by atoms with Gasteiger partial charge >= 0.3 is 5.97 Å². The van der Waals surface area contributed by atoms with Crippen molar-refractivity contribution in [1.82, 2.24) is 4.98 Å². The summed E-state index contributed by atoms with van der Waals surface area (Å²) in [4.78, 5) is 20.9. The first-order chi connectivity index (χ1) is 16.0. The zero-order valence-corrected chi connectivity index (χ0v) is 19.8. The van der Waals surface area contributed by atoms with E-state index in [2.05, 4.69) is 4.98 Å². The van der Waals surface area contributed by atoms with E-state index in [1.165, 1.54) is 11.3 Å². The lowest BCUT2D eigenvalue weighted by atomic mass is 10.1. The molecule has 0 saturated heterocycles. The maximum absolute atomic E-state index is 11.8. The number of hydrogen-bond donors (Lipinski definition) is 0. The van der Waals surface area contributed by atoms with Gasteiger partial charge in [0.05, 0.1) is 38.3 Å². The molecule has 0 aliphatic heterocycles. The minimum absolute atomic E-state index is 0.105. The van der Waals surface area contributed by atoms with Gasteiger partial charge in [-0.1, -0.05) is 11.6 Å². The predicted octanol–water partition coefficient (Wildman–Crippen LogP) is 5.56. The number of rotatable bonds is 7. The Morgan fingerprint density at radius 1 is 1.12 bits per heavy atom. The number of benzene rings is 2. The average molecular weight is 485 g/mol. The number of methoxy groups -OCH3 is 2. The zero-order chi connectivity index (χ0) is 23.4. The zero-order valence-electron chi connectivity index (χ0n) is 18.3. The summed E-state index contributed by atoms with van der Waals surface area (Å²) < 4.78 is 21.9. The molecule has 7 nitrogen and oxygen atoms in total. The van der Waals surface area contributed by atoms with Gasteiger partial charge in [0.1, 0.15) is 11.3 Å². The number of hydrogen-bond acceptors (Lipinski definition) is 8. The smallest absolute Gasteiger partial charge is 0.311 e. The van der Waals surface area contributed by atoms with Crippen LogP contribution in [0.1, 0.15) is 12.6 Å².